The molecule has 0 aliphatic rings. The molecule has 3 N–H and O–H groups in total. The molecule has 6 heteroatoms. The molecular weight excluding hydrogens is 360 g/mol. The quantitative estimate of drug-likeness (QED) is 0.214. The third-order valence-electron chi connectivity index (χ3n) is 5.06. The lowest BCUT2D eigenvalue weighted by Crippen LogP contribution is -2.36. The molecule has 0 aromatic carbocycles. The predicted octanol–water partition coefficient (Wildman–Crippen LogP) is 4.74. The van der Waals surface area contributed by atoms with Crippen LogP contribution < -0.4 is 0 Å². The highest BCUT2D eigenvalue weighted by atomic mass is 16.4. The van der Waals surface area contributed by atoms with Crippen LogP contribution in [0.3, 0.4) is 0 Å². The fourth-order valence-electron chi connectivity index (χ4n) is 3.13. The Hall–Kier alpha value is -1.69. The summed E-state index contributed by atoms with van der Waals surface area (Å²) in [4.78, 5) is 33.9. The largest absolute Gasteiger partial charge is 0.481 e. The van der Waals surface area contributed by atoms with Gasteiger partial charge in [-0.05, 0) is 32.1 Å². The molecule has 0 aromatic heterocycles. The highest BCUT2D eigenvalue weighted by Gasteiger charge is 2.39. The van der Waals surface area contributed by atoms with Crippen LogP contribution in [0.15, 0.2) is 12.2 Å². The SMILES string of the molecule is CCCCCCCC(=O)CCCCCC/C=C/C[C@@](CO)(CC(=O)O)C(=O)O. The molecule has 0 spiro atoms. The van der Waals surface area contributed by atoms with Gasteiger partial charge in [0.2, 0.25) is 0 Å². The molecule has 0 rings (SSSR count). The highest BCUT2D eigenvalue weighted by Crippen LogP contribution is 2.27. The Bertz CT molecular complexity index is 485. The van der Waals surface area contributed by atoms with Gasteiger partial charge in [-0.15, -0.1) is 0 Å². The van der Waals surface area contributed by atoms with Gasteiger partial charge in [0.1, 0.15) is 11.2 Å². The molecule has 0 saturated heterocycles. The van der Waals surface area contributed by atoms with E-state index in [2.05, 4.69) is 6.92 Å². The van der Waals surface area contributed by atoms with E-state index in [1.54, 1.807) is 6.08 Å². The van der Waals surface area contributed by atoms with E-state index >= 15 is 0 Å². The van der Waals surface area contributed by atoms with Gasteiger partial charge in [-0.2, -0.15) is 0 Å². The second-order valence-corrected chi connectivity index (χ2v) is 7.65. The van der Waals surface area contributed by atoms with Gasteiger partial charge in [0.15, 0.2) is 0 Å². The molecule has 0 heterocycles. The molecule has 28 heavy (non-hydrogen) atoms. The number of carbonyl (C=O) groups is 3. The van der Waals surface area contributed by atoms with E-state index in [0.29, 0.717) is 18.6 Å². The van der Waals surface area contributed by atoms with Crippen molar-refractivity contribution in [3.63, 3.8) is 0 Å². The monoisotopic (exact) mass is 398 g/mol. The Labute approximate surface area is 169 Å². The number of rotatable bonds is 19. The molecule has 6 nitrogen and oxygen atoms in total. The lowest BCUT2D eigenvalue weighted by atomic mass is 9.82. The normalized spacial score (nSPS) is 13.5. The van der Waals surface area contributed by atoms with Crippen molar-refractivity contribution in [1.29, 1.82) is 0 Å². The van der Waals surface area contributed by atoms with Gasteiger partial charge in [-0.3, -0.25) is 14.4 Å². The molecule has 0 amide bonds. The smallest absolute Gasteiger partial charge is 0.312 e. The first kappa shape index (κ1) is 26.3. The lowest BCUT2D eigenvalue weighted by molar-refractivity contribution is -0.158. The van der Waals surface area contributed by atoms with Crippen LogP contribution in [-0.4, -0.2) is 39.6 Å². The average molecular weight is 399 g/mol. The second-order valence-electron chi connectivity index (χ2n) is 7.65. The molecule has 162 valence electrons. The van der Waals surface area contributed by atoms with Gasteiger partial charge >= 0.3 is 11.9 Å². The number of unbranched alkanes of at least 4 members (excludes halogenated alkanes) is 8. The van der Waals surface area contributed by atoms with Gasteiger partial charge in [0, 0.05) is 12.8 Å². The van der Waals surface area contributed by atoms with Gasteiger partial charge < -0.3 is 15.3 Å². The van der Waals surface area contributed by atoms with E-state index in [0.717, 1.165) is 44.9 Å². The third kappa shape index (κ3) is 12.7. The van der Waals surface area contributed by atoms with E-state index in [1.165, 1.54) is 19.3 Å². The Kier molecular flexibility index (Phi) is 15.3. The van der Waals surface area contributed by atoms with Gasteiger partial charge in [0.25, 0.3) is 0 Å². The van der Waals surface area contributed by atoms with Gasteiger partial charge in [0.05, 0.1) is 13.0 Å². The van der Waals surface area contributed by atoms with Crippen LogP contribution in [-0.2, 0) is 14.4 Å². The number of aliphatic hydroxyl groups is 1. The van der Waals surface area contributed by atoms with Crippen molar-refractivity contribution in [2.24, 2.45) is 5.41 Å². The number of aliphatic carboxylic acids is 2. The lowest BCUT2D eigenvalue weighted by Gasteiger charge is -2.23. The van der Waals surface area contributed by atoms with E-state index in [9.17, 15) is 24.6 Å². The molecule has 1 atom stereocenters. The van der Waals surface area contributed by atoms with Crippen molar-refractivity contribution in [3.05, 3.63) is 12.2 Å². The van der Waals surface area contributed by atoms with Crippen molar-refractivity contribution in [1.82, 2.24) is 0 Å². The average Bonchev–Trinajstić information content (AvgIpc) is 2.64. The fraction of sp³-hybridized carbons (Fsp3) is 0.773. The summed E-state index contributed by atoms with van der Waals surface area (Å²) in [6, 6.07) is 0. The Morgan fingerprint density at radius 3 is 1.89 bits per heavy atom. The molecule has 0 radical (unpaired) electrons. The number of carboxylic acid groups (broad SMARTS) is 2. The summed E-state index contributed by atoms with van der Waals surface area (Å²) in [5.74, 6) is -2.17. The molecule has 0 bridgehead atoms. The van der Waals surface area contributed by atoms with Gasteiger partial charge in [-0.1, -0.05) is 57.6 Å². The first-order chi connectivity index (χ1) is 13.4. The Morgan fingerprint density at radius 1 is 0.821 bits per heavy atom. The molecule has 0 aliphatic heterocycles. The van der Waals surface area contributed by atoms with Crippen molar-refractivity contribution in [2.75, 3.05) is 6.61 Å². The summed E-state index contributed by atoms with van der Waals surface area (Å²) in [6.45, 7) is 1.48. The highest BCUT2D eigenvalue weighted by molar-refractivity contribution is 5.81. The Morgan fingerprint density at radius 2 is 1.39 bits per heavy atom. The van der Waals surface area contributed by atoms with Crippen molar-refractivity contribution in [3.8, 4) is 0 Å². The number of allylic oxidation sites excluding steroid dienone is 2. The molecular formula is C22H38O6. The molecule has 0 fully saturated rings. The predicted molar refractivity (Wildman–Crippen MR) is 109 cm³/mol. The maximum atomic E-state index is 11.8. The summed E-state index contributed by atoms with van der Waals surface area (Å²) >= 11 is 0. The van der Waals surface area contributed by atoms with E-state index in [4.69, 9.17) is 5.11 Å². The van der Waals surface area contributed by atoms with Crippen LogP contribution in [0.1, 0.15) is 96.8 Å². The first-order valence-corrected chi connectivity index (χ1v) is 10.6. The summed E-state index contributed by atoms with van der Waals surface area (Å²) in [5.41, 5.74) is -1.65. The number of aliphatic hydroxyl groups excluding tert-OH is 1. The zero-order valence-electron chi connectivity index (χ0n) is 17.3. The van der Waals surface area contributed by atoms with Gasteiger partial charge in [-0.25, -0.2) is 0 Å². The van der Waals surface area contributed by atoms with E-state index < -0.39 is 30.4 Å². The van der Waals surface area contributed by atoms with Crippen LogP contribution in [0.2, 0.25) is 0 Å². The van der Waals surface area contributed by atoms with Crippen LogP contribution in [0.25, 0.3) is 0 Å². The summed E-state index contributed by atoms with van der Waals surface area (Å²) in [5, 5.41) is 27.4. The first-order valence-electron chi connectivity index (χ1n) is 10.6. The van der Waals surface area contributed by atoms with Crippen molar-refractivity contribution < 1.29 is 29.7 Å². The van der Waals surface area contributed by atoms with Crippen molar-refractivity contribution >= 4 is 17.7 Å². The molecule has 0 unspecified atom stereocenters. The third-order valence-corrected chi connectivity index (χ3v) is 5.06. The topological polar surface area (TPSA) is 112 Å². The molecule has 0 aromatic rings. The standard InChI is InChI=1S/C22H38O6/c1-2-3-4-8-11-14-19(24)15-12-9-6-5-7-10-13-16-22(18-23,21(27)28)17-20(25)26/h10,13,23H,2-9,11-12,14-18H2,1H3,(H,25,26)(H,27,28)/b13-10+/t22-/m0/s1. The Balaban J connectivity index is 3.83. The van der Waals surface area contributed by atoms with Crippen LogP contribution in [0.5, 0.6) is 0 Å². The summed E-state index contributed by atoms with van der Waals surface area (Å²) < 4.78 is 0. The zero-order valence-corrected chi connectivity index (χ0v) is 17.3. The molecule has 0 aliphatic carbocycles. The number of hydrogen-bond donors (Lipinski definition) is 3. The van der Waals surface area contributed by atoms with Crippen LogP contribution >= 0.6 is 0 Å². The zero-order chi connectivity index (χ0) is 21.3. The minimum atomic E-state index is -1.65. The maximum absolute atomic E-state index is 11.8. The number of ketones is 1. The van der Waals surface area contributed by atoms with E-state index in [1.807, 2.05) is 6.08 Å². The number of carboxylic acids is 2. The minimum Gasteiger partial charge on any atom is -0.481 e. The summed E-state index contributed by atoms with van der Waals surface area (Å²) in [7, 11) is 0. The fourth-order valence-corrected chi connectivity index (χ4v) is 3.13. The van der Waals surface area contributed by atoms with Crippen LogP contribution in [0, 0.1) is 5.41 Å². The minimum absolute atomic E-state index is 0.00209. The van der Waals surface area contributed by atoms with Crippen LogP contribution in [0.4, 0.5) is 0 Å². The summed E-state index contributed by atoms with van der Waals surface area (Å²) in [6.07, 6.45) is 14.8. The number of Topliss-reactive ketones (excluding diaryl/α,β-unsaturated/α-hetero) is 1. The maximum Gasteiger partial charge on any atom is 0.312 e. The number of carbonyl (C=O) groups excluding carboxylic acids is 1. The van der Waals surface area contributed by atoms with Crippen molar-refractivity contribution in [2.45, 2.75) is 96.8 Å². The second kappa shape index (κ2) is 16.3. The van der Waals surface area contributed by atoms with E-state index in [-0.39, 0.29) is 6.42 Å². The molecule has 0 saturated carbocycles. The number of hydrogen-bond acceptors (Lipinski definition) is 4.